The van der Waals surface area contributed by atoms with E-state index in [0.29, 0.717) is 6.42 Å². The minimum Gasteiger partial charge on any atom is -0.761 e. The molecule has 1 rings (SSSR count). The molecule has 13 heavy (non-hydrogen) atoms. The zero-order valence-corrected chi connectivity index (χ0v) is 8.44. The van der Waals surface area contributed by atoms with Crippen molar-refractivity contribution < 1.29 is 5.21 Å². The summed E-state index contributed by atoms with van der Waals surface area (Å²) in [5, 5.41) is 18.7. The summed E-state index contributed by atoms with van der Waals surface area (Å²) < 4.78 is 0.882. The Labute approximate surface area is 84.6 Å². The maximum absolute atomic E-state index is 10.4. The largest absolute Gasteiger partial charge is 0.761 e. The fourth-order valence-corrected chi connectivity index (χ4v) is 1.41. The number of halogens is 1. The molecule has 0 aliphatic carbocycles. The highest BCUT2D eigenvalue weighted by Gasteiger charge is 2.06. The molecule has 0 saturated carbocycles. The number of rotatable bonds is 3. The first-order valence-corrected chi connectivity index (χ1v) is 4.55. The van der Waals surface area contributed by atoms with Gasteiger partial charge in [0.2, 0.25) is 0 Å². The van der Waals surface area contributed by atoms with Crippen LogP contribution in [0.15, 0.2) is 28.7 Å². The fourth-order valence-electron chi connectivity index (χ4n) is 0.967. The van der Waals surface area contributed by atoms with E-state index in [9.17, 15) is 5.21 Å². The van der Waals surface area contributed by atoms with Crippen molar-refractivity contribution in [3.8, 4) is 0 Å². The Bertz CT molecular complexity index is 281. The molecule has 1 aromatic rings. The van der Waals surface area contributed by atoms with E-state index >= 15 is 0 Å². The number of hydrogen-bond acceptors (Lipinski definition) is 4. The first kappa shape index (κ1) is 10.6. The van der Waals surface area contributed by atoms with Crippen LogP contribution in [-0.4, -0.2) is 16.6 Å². The van der Waals surface area contributed by atoms with E-state index in [1.165, 1.54) is 0 Å². The summed E-state index contributed by atoms with van der Waals surface area (Å²) in [5.41, 5.74) is 6.25. The smallest absolute Gasteiger partial charge is 0.0723 e. The summed E-state index contributed by atoms with van der Waals surface area (Å²) >= 11 is 3.32. The minimum absolute atomic E-state index is 0.237. The highest BCUT2D eigenvalue weighted by atomic mass is 79.9. The Hall–Kier alpha value is -0.460. The maximum atomic E-state index is 10.4. The summed E-state index contributed by atoms with van der Waals surface area (Å²) in [6.45, 7) is 0. The van der Waals surface area contributed by atoms with Crippen molar-refractivity contribution >= 4 is 15.9 Å². The van der Waals surface area contributed by atoms with Crippen LogP contribution in [0.3, 0.4) is 0 Å². The van der Waals surface area contributed by atoms with Crippen LogP contribution >= 0.6 is 15.9 Å². The van der Waals surface area contributed by atoms with Gasteiger partial charge in [-0.25, -0.2) is 5.23 Å². The van der Waals surface area contributed by atoms with Crippen LogP contribution in [0.1, 0.15) is 5.56 Å². The van der Waals surface area contributed by atoms with Crippen molar-refractivity contribution in [2.75, 3.05) is 0 Å². The average molecular weight is 246 g/mol. The van der Waals surface area contributed by atoms with Gasteiger partial charge in [0.25, 0.3) is 0 Å². The first-order valence-electron chi connectivity index (χ1n) is 3.75. The van der Waals surface area contributed by atoms with E-state index in [4.69, 9.17) is 10.9 Å². The number of nitrogens with two attached hydrogens (primary N) is 1. The molecule has 72 valence electrons. The summed E-state index contributed by atoms with van der Waals surface area (Å²) in [7, 11) is 0. The first-order chi connectivity index (χ1) is 6.11. The Morgan fingerprint density at radius 3 is 2.69 bits per heavy atom. The molecular weight excluding hydrogens is 236 g/mol. The van der Waals surface area contributed by atoms with Crippen LogP contribution in [0.2, 0.25) is 0 Å². The third kappa shape index (κ3) is 3.06. The van der Waals surface area contributed by atoms with Crippen LogP contribution in [0.5, 0.6) is 0 Å². The van der Waals surface area contributed by atoms with E-state index < -0.39 is 6.17 Å². The zero-order valence-electron chi connectivity index (χ0n) is 6.85. The summed E-state index contributed by atoms with van der Waals surface area (Å²) in [4.78, 5) is 0. The van der Waals surface area contributed by atoms with Gasteiger partial charge in [0.15, 0.2) is 0 Å². The number of hydrogen-bond donors (Lipinski definition) is 2. The Kier molecular flexibility index (Phi) is 3.83. The molecule has 0 saturated heterocycles. The van der Waals surface area contributed by atoms with Gasteiger partial charge in [-0.1, -0.05) is 34.1 Å². The molecule has 1 atom stereocenters. The predicted octanol–water partition coefficient (Wildman–Crippen LogP) is 1.47. The van der Waals surface area contributed by atoms with Gasteiger partial charge in [-0.2, -0.15) is 0 Å². The average Bonchev–Trinajstić information content (AvgIpc) is 2.08. The highest BCUT2D eigenvalue weighted by molar-refractivity contribution is 9.10. The molecule has 3 N–H and O–H groups in total. The van der Waals surface area contributed by atoms with Crippen molar-refractivity contribution in [3.63, 3.8) is 0 Å². The van der Waals surface area contributed by atoms with Gasteiger partial charge in [-0.05, 0) is 11.6 Å². The Morgan fingerprint density at radius 2 is 2.15 bits per heavy atom. The third-order valence-corrected chi connectivity index (χ3v) is 2.44. The Morgan fingerprint density at radius 1 is 1.54 bits per heavy atom. The minimum atomic E-state index is -0.918. The van der Waals surface area contributed by atoms with Gasteiger partial charge in [0, 0.05) is 10.9 Å². The summed E-state index contributed by atoms with van der Waals surface area (Å²) in [6.07, 6.45) is -0.611. The molecular formula is C8H10BrN2O2-. The predicted molar refractivity (Wildman–Crippen MR) is 52.8 cm³/mol. The second kappa shape index (κ2) is 4.69. The van der Waals surface area contributed by atoms with E-state index in [0.717, 1.165) is 10.0 Å². The lowest BCUT2D eigenvalue weighted by Gasteiger charge is -2.27. The zero-order chi connectivity index (χ0) is 9.84. The van der Waals surface area contributed by atoms with Crippen molar-refractivity contribution in [2.24, 2.45) is 5.73 Å². The van der Waals surface area contributed by atoms with Gasteiger partial charge in [-0.3, -0.25) is 0 Å². The van der Waals surface area contributed by atoms with Gasteiger partial charge < -0.3 is 16.1 Å². The van der Waals surface area contributed by atoms with Gasteiger partial charge >= 0.3 is 0 Å². The highest BCUT2D eigenvalue weighted by Crippen LogP contribution is 2.17. The van der Waals surface area contributed by atoms with E-state index in [1.54, 1.807) is 0 Å². The molecule has 5 heteroatoms. The van der Waals surface area contributed by atoms with E-state index in [-0.39, 0.29) is 5.23 Å². The SMILES string of the molecule is NC(Cc1ccccc1Br)N([O-])O. The molecule has 1 unspecified atom stereocenters. The molecule has 0 aliphatic heterocycles. The second-order valence-corrected chi connectivity index (χ2v) is 3.52. The molecule has 0 radical (unpaired) electrons. The molecule has 0 aromatic heterocycles. The maximum Gasteiger partial charge on any atom is 0.0723 e. The van der Waals surface area contributed by atoms with Crippen molar-refractivity contribution in [3.05, 3.63) is 39.5 Å². The number of nitrogens with zero attached hydrogens (tertiary/aromatic N) is 1. The summed E-state index contributed by atoms with van der Waals surface area (Å²) in [6, 6.07) is 7.41. The second-order valence-electron chi connectivity index (χ2n) is 2.67. The normalized spacial score (nSPS) is 13.3. The van der Waals surface area contributed by atoms with Crippen LogP contribution in [0, 0.1) is 5.21 Å². The van der Waals surface area contributed by atoms with Crippen molar-refractivity contribution in [1.29, 1.82) is 0 Å². The van der Waals surface area contributed by atoms with Crippen LogP contribution in [0.4, 0.5) is 0 Å². The van der Waals surface area contributed by atoms with E-state index in [1.807, 2.05) is 24.3 Å². The fraction of sp³-hybridized carbons (Fsp3) is 0.250. The topological polar surface area (TPSA) is 72.5 Å². The number of hydroxylamine groups is 2. The quantitative estimate of drug-likeness (QED) is 0.625. The van der Waals surface area contributed by atoms with Crippen LogP contribution in [0.25, 0.3) is 0 Å². The molecule has 1 aromatic carbocycles. The molecule has 0 amide bonds. The lowest BCUT2D eigenvalue weighted by atomic mass is 10.1. The summed E-state index contributed by atoms with van der Waals surface area (Å²) in [5.74, 6) is 0. The van der Waals surface area contributed by atoms with Gasteiger partial charge in [0.05, 0.1) is 6.17 Å². The lowest BCUT2D eigenvalue weighted by molar-refractivity contribution is -0.0767. The van der Waals surface area contributed by atoms with Crippen molar-refractivity contribution in [1.82, 2.24) is 5.23 Å². The van der Waals surface area contributed by atoms with Gasteiger partial charge in [0.1, 0.15) is 0 Å². The number of benzene rings is 1. The molecule has 4 nitrogen and oxygen atoms in total. The van der Waals surface area contributed by atoms with Crippen LogP contribution in [-0.2, 0) is 6.42 Å². The van der Waals surface area contributed by atoms with Crippen molar-refractivity contribution in [2.45, 2.75) is 12.6 Å². The molecule has 0 spiro atoms. The molecule has 0 heterocycles. The molecule has 0 aliphatic rings. The van der Waals surface area contributed by atoms with E-state index in [2.05, 4.69) is 15.9 Å². The Balaban J connectivity index is 2.69. The van der Waals surface area contributed by atoms with Crippen LogP contribution < -0.4 is 5.73 Å². The molecule has 0 fully saturated rings. The molecule has 0 bridgehead atoms. The van der Waals surface area contributed by atoms with Gasteiger partial charge in [-0.15, -0.1) is 0 Å². The standard InChI is InChI=1S/C8H10BrN2O2/c9-7-4-2-1-3-6(7)5-8(10)11(12)13/h1-4,8,12H,5,10H2/q-1. The monoisotopic (exact) mass is 245 g/mol. The lowest BCUT2D eigenvalue weighted by Crippen LogP contribution is -2.37. The third-order valence-electron chi connectivity index (χ3n) is 1.67.